The summed E-state index contributed by atoms with van der Waals surface area (Å²) in [5, 5.41) is 5.20. The van der Waals surface area contributed by atoms with Crippen molar-refractivity contribution in [2.75, 3.05) is 80.0 Å². The summed E-state index contributed by atoms with van der Waals surface area (Å²) in [5.41, 5.74) is 2.61. The Morgan fingerprint density at radius 1 is 0.408 bits per heavy atom. The summed E-state index contributed by atoms with van der Waals surface area (Å²) in [6.07, 6.45) is 0. The Morgan fingerprint density at radius 3 is 0.816 bits per heavy atom. The quantitative estimate of drug-likeness (QED) is 0.129. The molecule has 0 radical (unpaired) electrons. The lowest BCUT2D eigenvalue weighted by atomic mass is 9.94. The number of benzene rings is 4. The van der Waals surface area contributed by atoms with E-state index in [1.807, 2.05) is 0 Å². The van der Waals surface area contributed by atoms with Crippen molar-refractivity contribution in [3.63, 3.8) is 0 Å². The molecular weight excluding hydrogens is 629 g/mol. The molecule has 276 valence electrons. The summed E-state index contributed by atoms with van der Waals surface area (Å²) in [7, 11) is 1.49. The third kappa shape index (κ3) is 17.2. The molecule has 0 unspecified atom stereocenters. The number of hydrogen-bond donors (Lipinski definition) is 0. The molecule has 4 rings (SSSR count). The predicted octanol–water partition coefficient (Wildman–Crippen LogP) is 7.31. The van der Waals surface area contributed by atoms with Gasteiger partial charge in [0.05, 0.1) is 80.0 Å². The van der Waals surface area contributed by atoms with Crippen LogP contribution in [0.25, 0.3) is 32.7 Å². The molecular formula is C41H68N3O4P. The van der Waals surface area contributed by atoms with Gasteiger partial charge in [-0.05, 0) is 95.0 Å². The Bertz CT molecular complexity index is 1350. The number of rotatable bonds is 10. The van der Waals surface area contributed by atoms with Gasteiger partial charge >= 0.3 is 0 Å². The monoisotopic (exact) mass is 697 g/mol. The summed E-state index contributed by atoms with van der Waals surface area (Å²) in [6, 6.07) is 30.2. The molecule has 0 aliphatic heterocycles. The first-order valence-electron chi connectivity index (χ1n) is 18.2. The maximum Gasteiger partial charge on any atom is 0.0755 e. The van der Waals surface area contributed by atoms with Crippen molar-refractivity contribution >= 4 is 29.4 Å². The lowest BCUT2D eigenvalue weighted by Crippen LogP contribution is -2.42. The van der Waals surface area contributed by atoms with Crippen molar-refractivity contribution in [2.24, 2.45) is 0 Å². The normalized spacial score (nSPS) is 11.6. The van der Waals surface area contributed by atoms with E-state index in [0.717, 1.165) is 0 Å². The van der Waals surface area contributed by atoms with Gasteiger partial charge in [0.2, 0.25) is 0 Å². The average Bonchev–Trinajstić information content (AvgIpc) is 3.13. The molecule has 0 spiro atoms. The van der Waals surface area contributed by atoms with Crippen LogP contribution in [0.4, 0.5) is 0 Å². The van der Waals surface area contributed by atoms with Crippen molar-refractivity contribution in [2.45, 2.75) is 62.3 Å². The van der Waals surface area contributed by atoms with Gasteiger partial charge in [-0.1, -0.05) is 84.9 Å². The van der Waals surface area contributed by atoms with Crippen LogP contribution in [-0.4, -0.2) is 93.5 Å². The zero-order valence-electron chi connectivity index (χ0n) is 32.9. The highest BCUT2D eigenvalue weighted by atomic mass is 31.2. The number of quaternary nitrogens is 3. The van der Waals surface area contributed by atoms with Crippen LogP contribution in [0.15, 0.2) is 84.9 Å². The van der Waals surface area contributed by atoms with Gasteiger partial charge in [0.1, 0.15) is 0 Å². The molecule has 7 nitrogen and oxygen atoms in total. The first-order valence-corrected chi connectivity index (χ1v) is 19.6. The highest BCUT2D eigenvalue weighted by Crippen LogP contribution is 2.33. The maximum atomic E-state index is 8.55. The first kappa shape index (κ1) is 46.4. The van der Waals surface area contributed by atoms with Gasteiger partial charge in [0, 0.05) is 0 Å². The van der Waals surface area contributed by atoms with E-state index in [-0.39, 0.29) is 0 Å². The summed E-state index contributed by atoms with van der Waals surface area (Å²) in [4.78, 5) is 25.6. The zero-order chi connectivity index (χ0) is 37.7. The minimum absolute atomic E-state index is 1.21. The summed E-state index contributed by atoms with van der Waals surface area (Å²) < 4.78 is 12.2. The third-order valence-corrected chi connectivity index (χ3v) is 10.7. The van der Waals surface area contributed by atoms with Crippen molar-refractivity contribution in [1.82, 2.24) is 0 Å². The molecule has 0 saturated heterocycles. The van der Waals surface area contributed by atoms with Crippen LogP contribution in [0.2, 0.25) is 0 Å². The highest BCUT2D eigenvalue weighted by Gasteiger charge is 2.12. The second-order valence-electron chi connectivity index (χ2n) is 13.2. The number of phosphoric acid groups is 1. The van der Waals surface area contributed by atoms with Gasteiger partial charge in [-0.3, -0.25) is 0 Å². The van der Waals surface area contributed by atoms with Crippen LogP contribution in [0.3, 0.4) is 0 Å². The second-order valence-corrected chi connectivity index (χ2v) is 14.1. The molecule has 0 amide bonds. The molecule has 4 aromatic carbocycles. The Hall–Kier alpha value is -2.61. The Morgan fingerprint density at radius 2 is 0.612 bits per heavy atom. The van der Waals surface area contributed by atoms with E-state index in [1.165, 1.54) is 105 Å². The lowest BCUT2D eigenvalue weighted by molar-refractivity contribution is -0.904. The highest BCUT2D eigenvalue weighted by molar-refractivity contribution is 7.40. The van der Waals surface area contributed by atoms with Gasteiger partial charge in [-0.2, -0.15) is 7.82 Å². The Balaban J connectivity index is 0.000000670. The standard InChI is InChI=1S/C20H14.3C7H18N.H3O4P/c1-3-11-17-15(7-1)9-5-13-19(17)20-14-6-10-16-8-2-4-12-18(16)20;3*1-5-8(4,6-2)7-3;1-5(2,3)4/h1-14H;3*5-7H2,1-4H3;(H3,1,2,3,4)/q;3*+1;/p-3. The van der Waals surface area contributed by atoms with E-state index in [2.05, 4.69) is 168 Å². The second kappa shape index (κ2) is 23.0. The van der Waals surface area contributed by atoms with Gasteiger partial charge in [0.15, 0.2) is 0 Å². The fourth-order valence-corrected chi connectivity index (χ4v) is 4.93. The molecule has 0 heterocycles. The smallest absolute Gasteiger partial charge is 0.0755 e. The minimum atomic E-state index is -5.39. The fourth-order valence-electron chi connectivity index (χ4n) is 4.93. The van der Waals surface area contributed by atoms with Crippen LogP contribution in [0.1, 0.15) is 62.3 Å². The SMILES string of the molecule is CC[N+](C)(CC)CC.CC[N+](C)(CC)CC.CC[N+](C)(CC)CC.O=P([O-])([O-])[O-].c1ccc2c(-c3cccc4ccccc34)cccc2c1. The summed E-state index contributed by atoms with van der Waals surface area (Å²) in [6.45, 7) is 31.5. The van der Waals surface area contributed by atoms with Gasteiger partial charge in [0.25, 0.3) is 0 Å². The van der Waals surface area contributed by atoms with Gasteiger partial charge < -0.3 is 32.7 Å². The van der Waals surface area contributed by atoms with E-state index in [1.54, 1.807) is 0 Å². The molecule has 4 aromatic rings. The van der Waals surface area contributed by atoms with E-state index < -0.39 is 7.82 Å². The zero-order valence-corrected chi connectivity index (χ0v) is 33.8. The fraction of sp³-hybridized carbons (Fsp3) is 0.512. The molecule has 0 fully saturated rings. The molecule has 0 N–H and O–H groups in total. The molecule has 49 heavy (non-hydrogen) atoms. The van der Waals surface area contributed by atoms with Crippen LogP contribution < -0.4 is 14.7 Å². The maximum absolute atomic E-state index is 8.55. The number of hydrogen-bond acceptors (Lipinski definition) is 4. The predicted molar refractivity (Wildman–Crippen MR) is 208 cm³/mol. The number of nitrogens with zero attached hydrogens (tertiary/aromatic N) is 3. The molecule has 8 heteroatoms. The molecule has 0 aliphatic carbocycles. The van der Waals surface area contributed by atoms with E-state index in [9.17, 15) is 0 Å². The molecule has 0 aliphatic rings. The topological polar surface area (TPSA) is 86.2 Å². The minimum Gasteiger partial charge on any atom is -0.822 e. The van der Waals surface area contributed by atoms with Crippen LogP contribution >= 0.6 is 7.82 Å². The van der Waals surface area contributed by atoms with Gasteiger partial charge in [-0.25, -0.2) is 0 Å². The van der Waals surface area contributed by atoms with Gasteiger partial charge in [-0.15, -0.1) is 0 Å². The van der Waals surface area contributed by atoms with Crippen molar-refractivity contribution in [1.29, 1.82) is 0 Å². The summed E-state index contributed by atoms with van der Waals surface area (Å²) in [5.74, 6) is 0. The molecule has 0 bridgehead atoms. The largest absolute Gasteiger partial charge is 0.822 e. The van der Waals surface area contributed by atoms with Crippen LogP contribution in [0, 0.1) is 0 Å². The van der Waals surface area contributed by atoms with Crippen molar-refractivity contribution in [3.05, 3.63) is 84.9 Å². The first-order chi connectivity index (χ1) is 23.0. The summed E-state index contributed by atoms with van der Waals surface area (Å²) >= 11 is 0. The molecule has 0 aromatic heterocycles. The van der Waals surface area contributed by atoms with E-state index >= 15 is 0 Å². The Labute approximate surface area is 299 Å². The van der Waals surface area contributed by atoms with Crippen molar-refractivity contribution in [3.8, 4) is 11.1 Å². The molecule has 0 atom stereocenters. The van der Waals surface area contributed by atoms with E-state index in [4.69, 9.17) is 19.2 Å². The third-order valence-electron chi connectivity index (χ3n) is 10.7. The number of fused-ring (bicyclic) bond motifs is 2. The molecule has 0 saturated carbocycles. The van der Waals surface area contributed by atoms with Crippen LogP contribution in [-0.2, 0) is 4.57 Å². The van der Waals surface area contributed by atoms with Crippen LogP contribution in [0.5, 0.6) is 0 Å². The average molecular weight is 698 g/mol. The van der Waals surface area contributed by atoms with E-state index in [0.29, 0.717) is 0 Å². The Kier molecular flexibility index (Phi) is 21.8. The van der Waals surface area contributed by atoms with Crippen molar-refractivity contribution < 1.29 is 32.7 Å². The lowest BCUT2D eigenvalue weighted by Gasteiger charge is -2.36.